The maximum Gasteiger partial charge on any atom is 0.451 e. The lowest BCUT2D eigenvalue weighted by Gasteiger charge is -2.17. The highest BCUT2D eigenvalue weighted by Crippen LogP contribution is 2.13. The minimum atomic E-state index is -0.850. The van der Waals surface area contributed by atoms with Crippen molar-refractivity contribution < 1.29 is 5.02 Å². The number of rotatable bonds is 3. The third-order valence-electron chi connectivity index (χ3n) is 1.72. The van der Waals surface area contributed by atoms with Crippen LogP contribution < -0.4 is 11.0 Å². The third-order valence-corrected chi connectivity index (χ3v) is 1.72. The van der Waals surface area contributed by atoms with Crippen molar-refractivity contribution in [2.75, 3.05) is 0 Å². The fourth-order valence-corrected chi connectivity index (χ4v) is 1.10. The molecule has 0 radical (unpaired) electrons. The van der Waals surface area contributed by atoms with Gasteiger partial charge in [0.05, 0.1) is 5.70 Å². The van der Waals surface area contributed by atoms with E-state index in [0.29, 0.717) is 11.2 Å². The standard InChI is InChI=1S/C9H12BN3O/c1-3-5-6-7-8(4-2)12-9(11)13-10(7)14/h3-6,14H,1-2H2,(H3,11,12,13)/b6-5-. The number of nitrogens with two attached hydrogens (primary N) is 1. The van der Waals surface area contributed by atoms with Gasteiger partial charge >= 0.3 is 7.05 Å². The zero-order chi connectivity index (χ0) is 10.6. The van der Waals surface area contributed by atoms with E-state index in [-0.39, 0.29) is 5.96 Å². The average molecular weight is 189 g/mol. The number of nitrogens with zero attached hydrogens (tertiary/aromatic N) is 1. The molecule has 4 N–H and O–H groups in total. The average Bonchev–Trinajstić information content (AvgIpc) is 2.15. The second-order valence-electron chi connectivity index (χ2n) is 2.68. The van der Waals surface area contributed by atoms with Gasteiger partial charge in [-0.1, -0.05) is 31.4 Å². The molecule has 0 aromatic rings. The first-order valence-electron chi connectivity index (χ1n) is 4.13. The molecule has 0 aliphatic carbocycles. The molecule has 0 amide bonds. The van der Waals surface area contributed by atoms with Crippen LogP contribution in [0.25, 0.3) is 0 Å². The first-order chi connectivity index (χ1) is 6.69. The summed E-state index contributed by atoms with van der Waals surface area (Å²) in [5.74, 6) is 0.183. The van der Waals surface area contributed by atoms with Crippen molar-refractivity contribution in [2.24, 2.45) is 10.7 Å². The number of aliphatic imine (C=N–C) groups is 1. The van der Waals surface area contributed by atoms with Crippen LogP contribution in [0.2, 0.25) is 0 Å². The van der Waals surface area contributed by atoms with Crippen molar-refractivity contribution in [3.63, 3.8) is 0 Å². The van der Waals surface area contributed by atoms with Crippen LogP contribution in [0.15, 0.2) is 53.6 Å². The monoisotopic (exact) mass is 189 g/mol. The summed E-state index contributed by atoms with van der Waals surface area (Å²) < 4.78 is 0. The van der Waals surface area contributed by atoms with E-state index in [4.69, 9.17) is 5.73 Å². The van der Waals surface area contributed by atoms with Crippen LogP contribution in [-0.2, 0) is 0 Å². The van der Waals surface area contributed by atoms with Gasteiger partial charge < -0.3 is 16.0 Å². The quantitative estimate of drug-likeness (QED) is 0.435. The van der Waals surface area contributed by atoms with Crippen molar-refractivity contribution in [1.29, 1.82) is 0 Å². The molecule has 0 unspecified atom stereocenters. The van der Waals surface area contributed by atoms with Gasteiger partial charge in [-0.2, -0.15) is 0 Å². The predicted molar refractivity (Wildman–Crippen MR) is 59.3 cm³/mol. The first kappa shape index (κ1) is 10.3. The summed E-state index contributed by atoms with van der Waals surface area (Å²) in [4.78, 5) is 3.98. The zero-order valence-electron chi connectivity index (χ0n) is 7.77. The van der Waals surface area contributed by atoms with Crippen molar-refractivity contribution in [1.82, 2.24) is 5.23 Å². The molecule has 5 heteroatoms. The van der Waals surface area contributed by atoms with Gasteiger partial charge in [0.1, 0.15) is 0 Å². The molecule has 0 spiro atoms. The fourth-order valence-electron chi connectivity index (χ4n) is 1.10. The molecule has 0 aromatic heterocycles. The van der Waals surface area contributed by atoms with E-state index in [1.165, 1.54) is 0 Å². The van der Waals surface area contributed by atoms with Crippen LogP contribution in [-0.4, -0.2) is 18.0 Å². The molecule has 0 bridgehead atoms. The summed E-state index contributed by atoms with van der Waals surface area (Å²) in [6.45, 7) is 7.13. The number of hydrogen-bond donors (Lipinski definition) is 3. The molecule has 0 atom stereocenters. The first-order valence-corrected chi connectivity index (χ1v) is 4.13. The molecule has 0 aromatic carbocycles. The van der Waals surface area contributed by atoms with Crippen LogP contribution in [0.3, 0.4) is 0 Å². The van der Waals surface area contributed by atoms with Gasteiger partial charge in [0.2, 0.25) is 0 Å². The van der Waals surface area contributed by atoms with Gasteiger partial charge in [-0.05, 0) is 6.08 Å². The minimum absolute atomic E-state index is 0.183. The zero-order valence-corrected chi connectivity index (χ0v) is 7.77. The Balaban J connectivity index is 3.09. The lowest BCUT2D eigenvalue weighted by atomic mass is 9.71. The Morgan fingerprint density at radius 1 is 1.50 bits per heavy atom. The summed E-state index contributed by atoms with van der Waals surface area (Å²) in [5, 5.41) is 12.2. The van der Waals surface area contributed by atoms with Gasteiger partial charge in [0, 0.05) is 5.47 Å². The highest BCUT2D eigenvalue weighted by atomic mass is 16.2. The van der Waals surface area contributed by atoms with Gasteiger partial charge in [-0.3, -0.25) is 0 Å². The number of guanidine groups is 1. The van der Waals surface area contributed by atoms with Crippen molar-refractivity contribution in [3.8, 4) is 0 Å². The Bertz CT molecular complexity index is 344. The van der Waals surface area contributed by atoms with E-state index in [0.717, 1.165) is 0 Å². The molecule has 4 nitrogen and oxygen atoms in total. The maximum atomic E-state index is 9.60. The largest absolute Gasteiger partial charge is 0.451 e. The Morgan fingerprint density at radius 3 is 2.79 bits per heavy atom. The summed E-state index contributed by atoms with van der Waals surface area (Å²) in [7, 11) is -0.850. The maximum absolute atomic E-state index is 9.60. The smallest absolute Gasteiger partial charge is 0.429 e. The van der Waals surface area contributed by atoms with E-state index < -0.39 is 7.05 Å². The lowest BCUT2D eigenvalue weighted by molar-refractivity contribution is 0.572. The Hall–Kier alpha value is -1.75. The topological polar surface area (TPSA) is 70.6 Å². The lowest BCUT2D eigenvalue weighted by Crippen LogP contribution is -2.47. The molecular formula is C9H12BN3O. The molecule has 1 heterocycles. The van der Waals surface area contributed by atoms with Crippen LogP contribution in [0.4, 0.5) is 0 Å². The second-order valence-corrected chi connectivity index (χ2v) is 2.68. The van der Waals surface area contributed by atoms with Gasteiger partial charge in [0.15, 0.2) is 5.96 Å². The molecule has 0 fully saturated rings. The van der Waals surface area contributed by atoms with E-state index in [2.05, 4.69) is 23.4 Å². The number of allylic oxidation sites excluding steroid dienone is 5. The molecular weight excluding hydrogens is 177 g/mol. The predicted octanol–water partition coefficient (Wildman–Crippen LogP) is 0.106. The van der Waals surface area contributed by atoms with Crippen LogP contribution in [0, 0.1) is 0 Å². The van der Waals surface area contributed by atoms with Crippen LogP contribution in [0.5, 0.6) is 0 Å². The van der Waals surface area contributed by atoms with E-state index in [1.54, 1.807) is 24.3 Å². The summed E-state index contributed by atoms with van der Waals surface area (Å²) in [6.07, 6.45) is 6.57. The highest BCUT2D eigenvalue weighted by Gasteiger charge is 2.23. The fraction of sp³-hybridized carbons (Fsp3) is 0. The van der Waals surface area contributed by atoms with Gasteiger partial charge in [0.25, 0.3) is 0 Å². The van der Waals surface area contributed by atoms with Crippen LogP contribution >= 0.6 is 0 Å². The number of nitrogens with one attached hydrogen (secondary N) is 1. The highest BCUT2D eigenvalue weighted by molar-refractivity contribution is 6.61. The van der Waals surface area contributed by atoms with Crippen LogP contribution in [0.1, 0.15) is 0 Å². The minimum Gasteiger partial charge on any atom is -0.429 e. The molecule has 0 saturated carbocycles. The number of hydrogen-bond acceptors (Lipinski definition) is 4. The third kappa shape index (κ3) is 2.14. The van der Waals surface area contributed by atoms with E-state index in [1.807, 2.05) is 0 Å². The second kappa shape index (κ2) is 4.48. The molecule has 1 aliphatic heterocycles. The Labute approximate surface area is 83.4 Å². The van der Waals surface area contributed by atoms with Crippen molar-refractivity contribution in [3.05, 3.63) is 48.6 Å². The molecule has 72 valence electrons. The normalized spacial score (nSPS) is 16.6. The molecule has 14 heavy (non-hydrogen) atoms. The summed E-state index contributed by atoms with van der Waals surface area (Å²) in [6, 6.07) is 0. The van der Waals surface area contributed by atoms with E-state index >= 15 is 0 Å². The molecule has 1 aliphatic rings. The summed E-state index contributed by atoms with van der Waals surface area (Å²) >= 11 is 0. The molecule has 1 rings (SSSR count). The van der Waals surface area contributed by atoms with Gasteiger partial charge in [-0.15, -0.1) is 0 Å². The van der Waals surface area contributed by atoms with Crippen molar-refractivity contribution >= 4 is 13.0 Å². The Morgan fingerprint density at radius 2 is 2.21 bits per heavy atom. The van der Waals surface area contributed by atoms with Gasteiger partial charge in [-0.25, -0.2) is 4.99 Å². The van der Waals surface area contributed by atoms with E-state index in [9.17, 15) is 5.02 Å². The molecule has 0 saturated heterocycles. The van der Waals surface area contributed by atoms with Crippen molar-refractivity contribution in [2.45, 2.75) is 0 Å². The SMILES string of the molecule is C=C/C=C\C1=C(C=C)N=C(N)NB1O. The Kier molecular flexibility index (Phi) is 3.31. The summed E-state index contributed by atoms with van der Waals surface area (Å²) in [5.41, 5.74) is 6.62.